The monoisotopic (exact) mass is 608 g/mol. The number of nitrogens with zero attached hydrogens (tertiary/aromatic N) is 2. The number of carbonyl (C=O) groups is 1. The van der Waals surface area contributed by atoms with Crippen molar-refractivity contribution >= 4 is 17.9 Å². The number of hydrogen-bond acceptors (Lipinski definition) is 5. The molecule has 0 aromatic heterocycles. The summed E-state index contributed by atoms with van der Waals surface area (Å²) in [5.41, 5.74) is -1.00. The third-order valence-electron chi connectivity index (χ3n) is 7.64. The number of carbonyl (C=O) groups excluding carboxylic acids is 1. The second kappa shape index (κ2) is 11.7. The van der Waals surface area contributed by atoms with Crippen LogP contribution in [0.3, 0.4) is 0 Å². The molecule has 0 bridgehead atoms. The van der Waals surface area contributed by atoms with Gasteiger partial charge in [0.05, 0.1) is 5.56 Å². The highest BCUT2D eigenvalue weighted by molar-refractivity contribution is 7.99. The minimum absolute atomic E-state index is 0.136. The van der Waals surface area contributed by atoms with Crippen LogP contribution in [0.5, 0.6) is 5.75 Å². The lowest BCUT2D eigenvalue weighted by Gasteiger charge is -2.45. The molecule has 15 heteroatoms. The van der Waals surface area contributed by atoms with Gasteiger partial charge < -0.3 is 14.4 Å². The Morgan fingerprint density at radius 1 is 0.925 bits per heavy atom. The van der Waals surface area contributed by atoms with Crippen LogP contribution >= 0.6 is 11.8 Å². The van der Waals surface area contributed by atoms with Crippen molar-refractivity contribution in [3.05, 3.63) is 29.3 Å². The van der Waals surface area contributed by atoms with Crippen molar-refractivity contribution in [2.45, 2.75) is 81.3 Å². The maximum atomic E-state index is 13.7. The Bertz CT molecular complexity index is 1020. The summed E-state index contributed by atoms with van der Waals surface area (Å²) in [6.07, 6.45) is -19.1. The van der Waals surface area contributed by atoms with Crippen molar-refractivity contribution in [3.8, 4) is 5.75 Å². The van der Waals surface area contributed by atoms with Gasteiger partial charge in [0.1, 0.15) is 11.9 Å². The van der Waals surface area contributed by atoms with Gasteiger partial charge in [-0.05, 0) is 80.3 Å². The average Bonchev–Trinajstić information content (AvgIpc) is 3.22. The third-order valence-corrected chi connectivity index (χ3v) is 8.69. The molecule has 3 saturated heterocycles. The molecule has 0 aliphatic carbocycles. The first-order valence-corrected chi connectivity index (χ1v) is 14.0. The highest BCUT2D eigenvalue weighted by Gasteiger charge is 2.60. The topological polar surface area (TPSA) is 42.0 Å². The number of likely N-dealkylation sites (tertiary alicyclic amines) is 2. The van der Waals surface area contributed by atoms with Gasteiger partial charge in [-0.15, -0.1) is 0 Å². The first kappa shape index (κ1) is 30.9. The van der Waals surface area contributed by atoms with Gasteiger partial charge in [0, 0.05) is 25.2 Å². The molecule has 3 fully saturated rings. The van der Waals surface area contributed by atoms with Crippen LogP contribution in [0.15, 0.2) is 18.2 Å². The molecular formula is C25H29F9N2O3S. The molecule has 4 rings (SSSR count). The van der Waals surface area contributed by atoms with Gasteiger partial charge in [-0.2, -0.15) is 51.3 Å². The molecular weight excluding hydrogens is 579 g/mol. The Hall–Kier alpha value is -2.03. The standard InChI is InChI=1S/C25H29F9N2O3S/c26-23(27,28)17-12-16(13-19(14-17)38-18-2-10-40-11-3-18)15-36-7-1-4-22(36)5-8-35(9-6-22)21(37)39-20(24(29,30)31)25(32,33)34/h12-14,18,20H,1-11,15H2. The number of thioether (sulfide) groups is 1. The van der Waals surface area contributed by atoms with E-state index in [1.54, 1.807) is 17.8 Å². The molecule has 1 amide bonds. The molecule has 1 spiro atoms. The van der Waals surface area contributed by atoms with Crippen LogP contribution in [-0.2, 0) is 17.5 Å². The molecule has 1 aromatic rings. The van der Waals surface area contributed by atoms with E-state index in [0.29, 0.717) is 24.9 Å². The fraction of sp³-hybridized carbons (Fsp3) is 0.720. The third kappa shape index (κ3) is 7.42. The lowest BCUT2D eigenvalue weighted by atomic mass is 9.85. The van der Waals surface area contributed by atoms with Gasteiger partial charge in [-0.3, -0.25) is 4.90 Å². The van der Waals surface area contributed by atoms with Gasteiger partial charge in [0.15, 0.2) is 0 Å². The number of halogens is 9. The number of alkyl halides is 9. The van der Waals surface area contributed by atoms with E-state index >= 15 is 0 Å². The Morgan fingerprint density at radius 2 is 1.55 bits per heavy atom. The van der Waals surface area contributed by atoms with Crippen LogP contribution in [0.4, 0.5) is 44.3 Å². The van der Waals surface area contributed by atoms with Crippen molar-refractivity contribution in [1.82, 2.24) is 9.80 Å². The number of hydrogen-bond donors (Lipinski definition) is 0. The zero-order valence-electron chi connectivity index (χ0n) is 21.3. The molecule has 5 nitrogen and oxygen atoms in total. The summed E-state index contributed by atoms with van der Waals surface area (Å²) in [5.74, 6) is 1.87. The molecule has 226 valence electrons. The normalized spacial score (nSPS) is 21.3. The largest absolute Gasteiger partial charge is 0.490 e. The van der Waals surface area contributed by atoms with Gasteiger partial charge in [0.2, 0.25) is 0 Å². The van der Waals surface area contributed by atoms with Crippen LogP contribution in [0.25, 0.3) is 0 Å². The van der Waals surface area contributed by atoms with Crippen molar-refractivity contribution in [2.75, 3.05) is 31.1 Å². The van der Waals surface area contributed by atoms with E-state index in [1.807, 2.05) is 4.90 Å². The van der Waals surface area contributed by atoms with Gasteiger partial charge in [-0.25, -0.2) is 4.79 Å². The summed E-state index contributed by atoms with van der Waals surface area (Å²) in [7, 11) is 0. The summed E-state index contributed by atoms with van der Waals surface area (Å²) < 4.78 is 128. The van der Waals surface area contributed by atoms with E-state index in [0.717, 1.165) is 41.4 Å². The number of benzene rings is 1. The van der Waals surface area contributed by atoms with Crippen molar-refractivity contribution in [1.29, 1.82) is 0 Å². The molecule has 40 heavy (non-hydrogen) atoms. The molecule has 3 aliphatic rings. The van der Waals surface area contributed by atoms with Crippen molar-refractivity contribution < 1.29 is 53.8 Å². The molecule has 0 radical (unpaired) electrons. The number of piperidine rings is 1. The van der Waals surface area contributed by atoms with E-state index < -0.39 is 41.8 Å². The summed E-state index contributed by atoms with van der Waals surface area (Å²) >= 11 is 1.76. The molecule has 1 aromatic carbocycles. The summed E-state index contributed by atoms with van der Waals surface area (Å²) in [6, 6.07) is 3.64. The summed E-state index contributed by atoms with van der Waals surface area (Å²) in [5, 5.41) is 0. The molecule has 0 saturated carbocycles. The van der Waals surface area contributed by atoms with Crippen molar-refractivity contribution in [3.63, 3.8) is 0 Å². The van der Waals surface area contributed by atoms with Crippen LogP contribution in [0.2, 0.25) is 0 Å². The Balaban J connectivity index is 1.44. The number of amides is 1. The van der Waals surface area contributed by atoms with Gasteiger partial charge >= 0.3 is 24.6 Å². The Kier molecular flexibility index (Phi) is 9.03. The van der Waals surface area contributed by atoms with E-state index in [-0.39, 0.29) is 44.3 Å². The SMILES string of the molecule is O=C(OC(C(F)(F)F)C(F)(F)F)N1CCC2(CCCN2Cc2cc(OC3CCSCC3)cc(C(F)(F)F)c2)CC1. The highest BCUT2D eigenvalue weighted by atomic mass is 32.2. The van der Waals surface area contributed by atoms with E-state index in [9.17, 15) is 44.3 Å². The molecule has 3 heterocycles. The fourth-order valence-electron chi connectivity index (χ4n) is 5.60. The summed E-state index contributed by atoms with van der Waals surface area (Å²) in [6.45, 7) is 0.402. The Labute approximate surface area is 229 Å². The van der Waals surface area contributed by atoms with E-state index in [2.05, 4.69) is 4.74 Å². The zero-order chi connectivity index (χ0) is 29.3. The number of rotatable bonds is 5. The second-order valence-corrected chi connectivity index (χ2v) is 11.6. The van der Waals surface area contributed by atoms with E-state index in [1.165, 1.54) is 0 Å². The minimum atomic E-state index is -5.81. The van der Waals surface area contributed by atoms with E-state index in [4.69, 9.17) is 4.74 Å². The minimum Gasteiger partial charge on any atom is -0.490 e. The van der Waals surface area contributed by atoms with Crippen LogP contribution in [0, 0.1) is 0 Å². The van der Waals surface area contributed by atoms with Crippen LogP contribution < -0.4 is 4.74 Å². The molecule has 0 N–H and O–H groups in total. The van der Waals surface area contributed by atoms with Gasteiger partial charge in [-0.1, -0.05) is 0 Å². The fourth-order valence-corrected chi connectivity index (χ4v) is 6.66. The lowest BCUT2D eigenvalue weighted by molar-refractivity contribution is -0.308. The summed E-state index contributed by atoms with van der Waals surface area (Å²) in [4.78, 5) is 15.0. The highest BCUT2D eigenvalue weighted by Crippen LogP contribution is 2.42. The number of ether oxygens (including phenoxy) is 2. The second-order valence-electron chi connectivity index (χ2n) is 10.4. The molecule has 3 aliphatic heterocycles. The Morgan fingerprint density at radius 3 is 2.12 bits per heavy atom. The zero-order valence-corrected chi connectivity index (χ0v) is 22.1. The lowest BCUT2D eigenvalue weighted by Crippen LogP contribution is -2.54. The molecule has 0 atom stereocenters. The first-order chi connectivity index (χ1) is 18.6. The first-order valence-electron chi connectivity index (χ1n) is 12.9. The van der Waals surface area contributed by atoms with Crippen LogP contribution in [0.1, 0.15) is 49.7 Å². The smallest absolute Gasteiger partial charge is 0.434 e. The van der Waals surface area contributed by atoms with Crippen molar-refractivity contribution in [2.24, 2.45) is 0 Å². The maximum Gasteiger partial charge on any atom is 0.434 e. The van der Waals surface area contributed by atoms with Crippen LogP contribution in [-0.4, -0.2) is 77.1 Å². The van der Waals surface area contributed by atoms with Gasteiger partial charge in [0.25, 0.3) is 6.10 Å². The predicted molar refractivity (Wildman–Crippen MR) is 128 cm³/mol. The quantitative estimate of drug-likeness (QED) is 0.336. The molecule has 0 unspecified atom stereocenters. The average molecular weight is 609 g/mol. The predicted octanol–water partition coefficient (Wildman–Crippen LogP) is 7.04. The maximum absolute atomic E-state index is 13.7.